The van der Waals surface area contributed by atoms with Crippen LogP contribution in [-0.2, 0) is 4.74 Å². The van der Waals surface area contributed by atoms with Gasteiger partial charge in [-0.3, -0.25) is 0 Å². The van der Waals surface area contributed by atoms with Gasteiger partial charge in [-0.25, -0.2) is 4.79 Å². The van der Waals surface area contributed by atoms with Crippen molar-refractivity contribution in [1.29, 1.82) is 0 Å². The number of nitrogens with one attached hydrogen (secondary N) is 1. The summed E-state index contributed by atoms with van der Waals surface area (Å²) in [7, 11) is 1.34. The van der Waals surface area contributed by atoms with Crippen LogP contribution in [0.4, 0.5) is 11.4 Å². The number of nitrogens with two attached hydrogens (primary N) is 1. The second-order valence-electron chi connectivity index (χ2n) is 5.17. The van der Waals surface area contributed by atoms with Crippen LogP contribution >= 0.6 is 0 Å². The average molecular weight is 236 g/mol. The molecule has 0 radical (unpaired) electrons. The first-order chi connectivity index (χ1) is 7.85. The summed E-state index contributed by atoms with van der Waals surface area (Å²) < 4.78 is 4.67. The summed E-state index contributed by atoms with van der Waals surface area (Å²) in [6.45, 7) is 7.16. The van der Waals surface area contributed by atoms with E-state index in [1.165, 1.54) is 7.11 Å². The zero-order valence-electron chi connectivity index (χ0n) is 10.8. The summed E-state index contributed by atoms with van der Waals surface area (Å²) in [6.07, 6.45) is 0. The van der Waals surface area contributed by atoms with E-state index in [-0.39, 0.29) is 5.41 Å². The number of carbonyl (C=O) groups excluding carboxylic acids is 1. The van der Waals surface area contributed by atoms with Crippen LogP contribution in [0.2, 0.25) is 0 Å². The Morgan fingerprint density at radius 3 is 2.59 bits per heavy atom. The van der Waals surface area contributed by atoms with Crippen LogP contribution in [0, 0.1) is 5.41 Å². The van der Waals surface area contributed by atoms with Crippen molar-refractivity contribution in [3.63, 3.8) is 0 Å². The molecule has 3 N–H and O–H groups in total. The first-order valence-electron chi connectivity index (χ1n) is 5.56. The van der Waals surface area contributed by atoms with E-state index < -0.39 is 5.97 Å². The van der Waals surface area contributed by atoms with Crippen molar-refractivity contribution in [2.75, 3.05) is 24.7 Å². The van der Waals surface area contributed by atoms with Crippen LogP contribution in [0.3, 0.4) is 0 Å². The second-order valence-corrected chi connectivity index (χ2v) is 5.17. The molecule has 0 atom stereocenters. The van der Waals surface area contributed by atoms with Gasteiger partial charge in [0, 0.05) is 6.54 Å². The highest BCUT2D eigenvalue weighted by molar-refractivity contribution is 5.98. The van der Waals surface area contributed by atoms with Crippen LogP contribution in [0.25, 0.3) is 0 Å². The minimum absolute atomic E-state index is 0.147. The number of ether oxygens (including phenoxy) is 1. The number of hydrogen-bond acceptors (Lipinski definition) is 4. The Bertz CT molecular complexity index is 408. The van der Waals surface area contributed by atoms with Crippen molar-refractivity contribution in [2.24, 2.45) is 5.41 Å². The monoisotopic (exact) mass is 236 g/mol. The molecule has 4 heteroatoms. The lowest BCUT2D eigenvalue weighted by Gasteiger charge is -2.21. The van der Waals surface area contributed by atoms with Gasteiger partial charge in [-0.15, -0.1) is 0 Å². The van der Waals surface area contributed by atoms with E-state index in [1.54, 1.807) is 12.1 Å². The van der Waals surface area contributed by atoms with Gasteiger partial charge in [0.1, 0.15) is 0 Å². The largest absolute Gasteiger partial charge is 0.465 e. The third-order valence-electron chi connectivity index (χ3n) is 2.32. The van der Waals surface area contributed by atoms with Crippen molar-refractivity contribution in [3.8, 4) is 0 Å². The number of esters is 1. The summed E-state index contributed by atoms with van der Waals surface area (Å²) in [5, 5.41) is 3.24. The molecule has 0 aromatic heterocycles. The van der Waals surface area contributed by atoms with Crippen LogP contribution in [-0.4, -0.2) is 19.6 Å². The fourth-order valence-corrected chi connectivity index (χ4v) is 1.37. The van der Waals surface area contributed by atoms with Gasteiger partial charge in [-0.1, -0.05) is 26.8 Å². The summed E-state index contributed by atoms with van der Waals surface area (Å²) >= 11 is 0. The maximum Gasteiger partial charge on any atom is 0.340 e. The Hall–Kier alpha value is -1.71. The molecular formula is C13H20N2O2. The van der Waals surface area contributed by atoms with E-state index in [1.807, 2.05) is 6.07 Å². The Morgan fingerprint density at radius 2 is 2.06 bits per heavy atom. The lowest BCUT2D eigenvalue weighted by molar-refractivity contribution is 0.0602. The summed E-state index contributed by atoms with van der Waals surface area (Å²) in [4.78, 5) is 11.5. The molecule has 4 nitrogen and oxygen atoms in total. The number of para-hydroxylation sites is 1. The quantitative estimate of drug-likeness (QED) is 0.625. The first kappa shape index (κ1) is 13.4. The Kier molecular flexibility index (Phi) is 3.99. The van der Waals surface area contributed by atoms with Crippen LogP contribution in [0.5, 0.6) is 0 Å². The molecule has 0 saturated carbocycles. The van der Waals surface area contributed by atoms with E-state index in [0.717, 1.165) is 12.2 Å². The standard InChI is InChI=1S/C13H20N2O2/c1-13(2,3)8-15-10-7-5-6-9(11(10)14)12(16)17-4/h5-7,15H,8,14H2,1-4H3. The maximum atomic E-state index is 11.5. The Balaban J connectivity index is 2.91. The molecule has 0 saturated heterocycles. The lowest BCUT2D eigenvalue weighted by Crippen LogP contribution is -2.20. The van der Waals surface area contributed by atoms with Crippen LogP contribution < -0.4 is 11.1 Å². The molecule has 0 heterocycles. The molecule has 17 heavy (non-hydrogen) atoms. The average Bonchev–Trinajstić information content (AvgIpc) is 2.25. The van der Waals surface area contributed by atoms with Gasteiger partial charge in [0.2, 0.25) is 0 Å². The van der Waals surface area contributed by atoms with Crippen molar-refractivity contribution in [2.45, 2.75) is 20.8 Å². The lowest BCUT2D eigenvalue weighted by atomic mass is 9.97. The van der Waals surface area contributed by atoms with Crippen molar-refractivity contribution < 1.29 is 9.53 Å². The van der Waals surface area contributed by atoms with E-state index >= 15 is 0 Å². The highest BCUT2D eigenvalue weighted by atomic mass is 16.5. The SMILES string of the molecule is COC(=O)c1cccc(NCC(C)(C)C)c1N. The topological polar surface area (TPSA) is 64.3 Å². The molecule has 0 fully saturated rings. The number of hydrogen-bond donors (Lipinski definition) is 2. The highest BCUT2D eigenvalue weighted by Crippen LogP contribution is 2.25. The van der Waals surface area contributed by atoms with Gasteiger partial charge in [-0.2, -0.15) is 0 Å². The number of carbonyl (C=O) groups is 1. The molecule has 1 aromatic carbocycles. The number of anilines is 2. The number of nitrogen functional groups attached to an aromatic ring is 1. The fourth-order valence-electron chi connectivity index (χ4n) is 1.37. The summed E-state index contributed by atoms with van der Waals surface area (Å²) in [5.41, 5.74) is 7.67. The predicted molar refractivity (Wildman–Crippen MR) is 70.1 cm³/mol. The van der Waals surface area contributed by atoms with E-state index in [0.29, 0.717) is 11.3 Å². The van der Waals surface area contributed by atoms with Crippen molar-refractivity contribution in [1.82, 2.24) is 0 Å². The Morgan fingerprint density at radius 1 is 1.41 bits per heavy atom. The minimum Gasteiger partial charge on any atom is -0.465 e. The van der Waals surface area contributed by atoms with Gasteiger partial charge in [0.25, 0.3) is 0 Å². The van der Waals surface area contributed by atoms with Crippen molar-refractivity contribution in [3.05, 3.63) is 23.8 Å². The molecule has 0 aliphatic carbocycles. The second kappa shape index (κ2) is 5.08. The normalized spacial score (nSPS) is 11.1. The van der Waals surface area contributed by atoms with Gasteiger partial charge < -0.3 is 15.8 Å². The molecule has 0 spiro atoms. The maximum absolute atomic E-state index is 11.5. The van der Waals surface area contributed by atoms with E-state index in [9.17, 15) is 4.79 Å². The van der Waals surface area contributed by atoms with E-state index in [4.69, 9.17) is 5.73 Å². The third kappa shape index (κ3) is 3.66. The first-order valence-corrected chi connectivity index (χ1v) is 5.56. The smallest absolute Gasteiger partial charge is 0.340 e. The summed E-state index contributed by atoms with van der Waals surface area (Å²) in [5.74, 6) is -0.415. The Labute approximate surface area is 102 Å². The third-order valence-corrected chi connectivity index (χ3v) is 2.32. The fraction of sp³-hybridized carbons (Fsp3) is 0.462. The van der Waals surface area contributed by atoms with Gasteiger partial charge in [0.15, 0.2) is 0 Å². The van der Waals surface area contributed by atoms with Crippen LogP contribution in [0.15, 0.2) is 18.2 Å². The van der Waals surface area contributed by atoms with E-state index in [2.05, 4.69) is 30.8 Å². The zero-order valence-corrected chi connectivity index (χ0v) is 10.8. The molecular weight excluding hydrogens is 216 g/mol. The zero-order chi connectivity index (χ0) is 13.1. The van der Waals surface area contributed by atoms with Gasteiger partial charge in [-0.05, 0) is 17.5 Å². The number of benzene rings is 1. The van der Waals surface area contributed by atoms with Crippen molar-refractivity contribution >= 4 is 17.3 Å². The molecule has 0 unspecified atom stereocenters. The molecule has 1 aromatic rings. The number of methoxy groups -OCH3 is 1. The van der Waals surface area contributed by atoms with Crippen LogP contribution in [0.1, 0.15) is 31.1 Å². The molecule has 0 amide bonds. The molecule has 94 valence electrons. The number of rotatable bonds is 3. The highest BCUT2D eigenvalue weighted by Gasteiger charge is 2.14. The molecule has 0 aliphatic heterocycles. The minimum atomic E-state index is -0.415. The molecule has 0 aliphatic rings. The summed E-state index contributed by atoms with van der Waals surface area (Å²) in [6, 6.07) is 5.30. The van der Waals surface area contributed by atoms with Gasteiger partial charge in [0.05, 0.1) is 24.0 Å². The molecule has 1 rings (SSSR count). The molecule has 0 bridgehead atoms. The predicted octanol–water partition coefficient (Wildman–Crippen LogP) is 2.51. The van der Waals surface area contributed by atoms with Gasteiger partial charge >= 0.3 is 5.97 Å².